The lowest BCUT2D eigenvalue weighted by atomic mass is 9.80. The number of carbonyl (C=O) groups is 1. The molecule has 4 nitrogen and oxygen atoms in total. The highest BCUT2D eigenvalue weighted by molar-refractivity contribution is 5.79. The van der Waals surface area contributed by atoms with Crippen LogP contribution in [0.5, 0.6) is 0 Å². The summed E-state index contributed by atoms with van der Waals surface area (Å²) in [6.45, 7) is 2.28. The highest BCUT2D eigenvalue weighted by atomic mass is 16.5. The lowest BCUT2D eigenvalue weighted by Crippen LogP contribution is -2.57. The molecule has 0 unspecified atom stereocenters. The Bertz CT molecular complexity index is 344. The average molecular weight is 280 g/mol. The summed E-state index contributed by atoms with van der Waals surface area (Å²) in [5, 5.41) is 0. The van der Waals surface area contributed by atoms with E-state index in [0.29, 0.717) is 18.6 Å². The molecule has 2 aliphatic carbocycles. The Hall–Kier alpha value is -0.610. The van der Waals surface area contributed by atoms with Crippen LogP contribution in [-0.4, -0.2) is 42.1 Å². The molecular weight excluding hydrogens is 252 g/mol. The van der Waals surface area contributed by atoms with Crippen LogP contribution in [0.1, 0.15) is 57.8 Å². The van der Waals surface area contributed by atoms with Crippen molar-refractivity contribution in [3.8, 4) is 0 Å². The van der Waals surface area contributed by atoms with E-state index in [1.807, 2.05) is 0 Å². The number of hydrogen-bond acceptors (Lipinski definition) is 3. The first-order valence-corrected chi connectivity index (χ1v) is 8.37. The van der Waals surface area contributed by atoms with Crippen LogP contribution in [0.4, 0.5) is 0 Å². The van der Waals surface area contributed by atoms with Gasteiger partial charge < -0.3 is 15.4 Å². The minimum absolute atomic E-state index is 0.0849. The van der Waals surface area contributed by atoms with Crippen molar-refractivity contribution >= 4 is 5.91 Å². The van der Waals surface area contributed by atoms with Gasteiger partial charge in [0, 0.05) is 25.0 Å². The Balaban J connectivity index is 1.61. The van der Waals surface area contributed by atoms with Gasteiger partial charge in [0.2, 0.25) is 5.91 Å². The van der Waals surface area contributed by atoms with Crippen LogP contribution in [0.3, 0.4) is 0 Å². The molecule has 1 heterocycles. The average Bonchev–Trinajstić information content (AvgIpc) is 2.51. The SMILES string of the molecule is NC1CCC2(CC1)CN(C(=O)C1CCCCC1)CCO2. The fourth-order valence-electron chi connectivity index (χ4n) is 4.11. The van der Waals surface area contributed by atoms with Crippen LogP contribution in [-0.2, 0) is 9.53 Å². The van der Waals surface area contributed by atoms with Gasteiger partial charge in [-0.15, -0.1) is 0 Å². The van der Waals surface area contributed by atoms with Gasteiger partial charge in [-0.05, 0) is 38.5 Å². The number of nitrogens with two attached hydrogens (primary N) is 1. The standard InChI is InChI=1S/C16H28N2O2/c17-14-6-8-16(9-7-14)12-18(10-11-20-16)15(19)13-4-2-1-3-5-13/h13-14H,1-12,17H2. The van der Waals surface area contributed by atoms with Gasteiger partial charge in [-0.3, -0.25) is 4.79 Å². The Labute approximate surface area is 122 Å². The topological polar surface area (TPSA) is 55.6 Å². The Morgan fingerprint density at radius 3 is 2.50 bits per heavy atom. The summed E-state index contributed by atoms with van der Waals surface area (Å²) in [5.41, 5.74) is 5.92. The van der Waals surface area contributed by atoms with E-state index in [4.69, 9.17) is 10.5 Å². The first-order chi connectivity index (χ1) is 9.69. The third-order valence-electron chi connectivity index (χ3n) is 5.46. The maximum absolute atomic E-state index is 12.7. The number of morpholine rings is 1. The van der Waals surface area contributed by atoms with Crippen molar-refractivity contribution in [1.82, 2.24) is 4.90 Å². The van der Waals surface area contributed by atoms with Crippen molar-refractivity contribution in [3.05, 3.63) is 0 Å². The largest absolute Gasteiger partial charge is 0.371 e. The molecule has 4 heteroatoms. The number of ether oxygens (including phenoxy) is 1. The van der Waals surface area contributed by atoms with Crippen LogP contribution >= 0.6 is 0 Å². The van der Waals surface area contributed by atoms with Gasteiger partial charge in [-0.25, -0.2) is 0 Å². The van der Waals surface area contributed by atoms with Gasteiger partial charge in [0.15, 0.2) is 0 Å². The van der Waals surface area contributed by atoms with E-state index in [2.05, 4.69) is 4.90 Å². The van der Waals surface area contributed by atoms with E-state index < -0.39 is 0 Å². The van der Waals surface area contributed by atoms with E-state index in [1.54, 1.807) is 0 Å². The Morgan fingerprint density at radius 1 is 1.10 bits per heavy atom. The normalized spacial score (nSPS) is 36.2. The van der Waals surface area contributed by atoms with Crippen LogP contribution in [0.25, 0.3) is 0 Å². The molecule has 0 aromatic heterocycles. The molecule has 3 rings (SSSR count). The second-order valence-electron chi connectivity index (χ2n) is 6.96. The minimum Gasteiger partial charge on any atom is -0.371 e. The van der Waals surface area contributed by atoms with Gasteiger partial charge in [0.25, 0.3) is 0 Å². The molecule has 2 saturated carbocycles. The molecule has 1 amide bonds. The van der Waals surface area contributed by atoms with Crippen LogP contribution in [0.2, 0.25) is 0 Å². The molecular formula is C16H28N2O2. The molecule has 0 bridgehead atoms. The van der Waals surface area contributed by atoms with Gasteiger partial charge >= 0.3 is 0 Å². The number of nitrogens with zero attached hydrogens (tertiary/aromatic N) is 1. The van der Waals surface area contributed by atoms with E-state index in [0.717, 1.165) is 51.6 Å². The molecule has 0 radical (unpaired) electrons. The van der Waals surface area contributed by atoms with Crippen molar-refractivity contribution < 1.29 is 9.53 Å². The zero-order chi connectivity index (χ0) is 14.0. The Kier molecular flexibility index (Phi) is 4.32. The maximum atomic E-state index is 12.7. The highest BCUT2D eigenvalue weighted by Gasteiger charge is 2.41. The molecule has 1 saturated heterocycles. The molecule has 1 aliphatic heterocycles. The van der Waals surface area contributed by atoms with Gasteiger partial charge in [0.1, 0.15) is 0 Å². The third-order valence-corrected chi connectivity index (χ3v) is 5.46. The smallest absolute Gasteiger partial charge is 0.225 e. The second kappa shape index (κ2) is 6.02. The monoisotopic (exact) mass is 280 g/mol. The molecule has 20 heavy (non-hydrogen) atoms. The minimum atomic E-state index is -0.0849. The molecule has 3 fully saturated rings. The predicted molar refractivity (Wildman–Crippen MR) is 78.3 cm³/mol. The second-order valence-corrected chi connectivity index (χ2v) is 6.96. The summed E-state index contributed by atoms with van der Waals surface area (Å²) >= 11 is 0. The van der Waals surface area contributed by atoms with E-state index in [9.17, 15) is 4.79 Å². The number of hydrogen-bond donors (Lipinski definition) is 1. The molecule has 1 spiro atoms. The molecule has 2 N–H and O–H groups in total. The fourth-order valence-corrected chi connectivity index (χ4v) is 4.11. The number of rotatable bonds is 1. The zero-order valence-corrected chi connectivity index (χ0v) is 12.5. The van der Waals surface area contributed by atoms with Crippen molar-refractivity contribution in [2.24, 2.45) is 11.7 Å². The highest BCUT2D eigenvalue weighted by Crippen LogP contribution is 2.35. The Morgan fingerprint density at radius 2 is 1.80 bits per heavy atom. The van der Waals surface area contributed by atoms with E-state index in [-0.39, 0.29) is 11.5 Å². The summed E-state index contributed by atoms with van der Waals surface area (Å²) in [7, 11) is 0. The van der Waals surface area contributed by atoms with Crippen molar-refractivity contribution in [2.45, 2.75) is 69.4 Å². The maximum Gasteiger partial charge on any atom is 0.225 e. The molecule has 3 aliphatic rings. The molecule has 0 aromatic carbocycles. The van der Waals surface area contributed by atoms with Crippen LogP contribution < -0.4 is 5.73 Å². The van der Waals surface area contributed by atoms with Gasteiger partial charge in [0.05, 0.1) is 12.2 Å². The van der Waals surface area contributed by atoms with Crippen molar-refractivity contribution in [3.63, 3.8) is 0 Å². The summed E-state index contributed by atoms with van der Waals surface area (Å²) in [6.07, 6.45) is 10.0. The van der Waals surface area contributed by atoms with E-state index >= 15 is 0 Å². The van der Waals surface area contributed by atoms with E-state index in [1.165, 1.54) is 19.3 Å². The quantitative estimate of drug-likeness (QED) is 0.800. The van der Waals surface area contributed by atoms with Gasteiger partial charge in [-0.1, -0.05) is 19.3 Å². The molecule has 0 aromatic rings. The van der Waals surface area contributed by atoms with Gasteiger partial charge in [-0.2, -0.15) is 0 Å². The lowest BCUT2D eigenvalue weighted by molar-refractivity contribution is -0.161. The lowest BCUT2D eigenvalue weighted by Gasteiger charge is -2.46. The zero-order valence-electron chi connectivity index (χ0n) is 12.5. The fraction of sp³-hybridized carbons (Fsp3) is 0.938. The summed E-state index contributed by atoms with van der Waals surface area (Å²) < 4.78 is 6.07. The van der Waals surface area contributed by atoms with Crippen LogP contribution in [0, 0.1) is 5.92 Å². The summed E-state index contributed by atoms with van der Waals surface area (Å²) in [4.78, 5) is 14.8. The number of amides is 1. The third kappa shape index (κ3) is 3.01. The first kappa shape index (κ1) is 14.3. The predicted octanol–water partition coefficient (Wildman–Crippen LogP) is 2.07. The molecule has 0 atom stereocenters. The van der Waals surface area contributed by atoms with Crippen LogP contribution in [0.15, 0.2) is 0 Å². The molecule has 114 valence electrons. The summed E-state index contributed by atoms with van der Waals surface area (Å²) in [5.74, 6) is 0.673. The van der Waals surface area contributed by atoms with Crippen molar-refractivity contribution in [1.29, 1.82) is 0 Å². The van der Waals surface area contributed by atoms with Crippen molar-refractivity contribution in [2.75, 3.05) is 19.7 Å². The first-order valence-electron chi connectivity index (χ1n) is 8.37. The number of carbonyl (C=O) groups excluding carboxylic acids is 1. The summed E-state index contributed by atoms with van der Waals surface area (Å²) in [6, 6.07) is 0.327.